The third-order valence-corrected chi connectivity index (χ3v) is 4.52. The summed E-state index contributed by atoms with van der Waals surface area (Å²) in [4.78, 5) is 14.8. The Morgan fingerprint density at radius 1 is 1.23 bits per heavy atom. The van der Waals surface area contributed by atoms with Gasteiger partial charge in [-0.2, -0.15) is 0 Å². The van der Waals surface area contributed by atoms with Gasteiger partial charge in [0.2, 0.25) is 0 Å². The van der Waals surface area contributed by atoms with E-state index in [2.05, 4.69) is 24.1 Å². The number of nitrogens with one attached hydrogen (secondary N) is 1. The first-order chi connectivity index (χ1) is 10.5. The number of piperidine rings is 1. The summed E-state index contributed by atoms with van der Waals surface area (Å²) in [5.41, 5.74) is 2.98. The normalized spacial score (nSPS) is 22.5. The molecule has 3 heteroatoms. The lowest BCUT2D eigenvalue weighted by molar-refractivity contribution is 0.0946. The lowest BCUT2D eigenvalue weighted by Crippen LogP contribution is -2.40. The highest BCUT2D eigenvalue weighted by atomic mass is 16.1. The molecule has 1 aliphatic rings. The average Bonchev–Trinajstić information content (AvgIpc) is 2.45. The Morgan fingerprint density at radius 2 is 1.91 bits per heavy atom. The zero-order valence-electron chi connectivity index (χ0n) is 14.5. The molecular formula is C19H30N2O. The van der Waals surface area contributed by atoms with Crippen molar-refractivity contribution in [2.24, 2.45) is 11.8 Å². The molecule has 122 valence electrons. The van der Waals surface area contributed by atoms with E-state index in [0.717, 1.165) is 48.0 Å². The number of benzene rings is 1. The van der Waals surface area contributed by atoms with Gasteiger partial charge in [0, 0.05) is 25.2 Å². The molecule has 0 radical (unpaired) electrons. The molecule has 1 saturated heterocycles. The van der Waals surface area contributed by atoms with Gasteiger partial charge in [0.25, 0.3) is 5.91 Å². The Balaban J connectivity index is 1.74. The smallest absolute Gasteiger partial charge is 0.251 e. The molecule has 0 spiro atoms. The van der Waals surface area contributed by atoms with Crippen LogP contribution in [-0.4, -0.2) is 37.0 Å². The Labute approximate surface area is 135 Å². The predicted molar refractivity (Wildman–Crippen MR) is 92.3 cm³/mol. The van der Waals surface area contributed by atoms with Gasteiger partial charge in [0.1, 0.15) is 0 Å². The minimum absolute atomic E-state index is 0.0570. The second kappa shape index (κ2) is 7.77. The number of carbonyl (C=O) groups excluding carboxylic acids is 1. The van der Waals surface area contributed by atoms with Crippen LogP contribution in [0, 0.1) is 25.7 Å². The lowest BCUT2D eigenvalue weighted by atomic mass is 9.92. The molecule has 22 heavy (non-hydrogen) atoms. The molecule has 2 rings (SSSR count). The van der Waals surface area contributed by atoms with Gasteiger partial charge in [-0.3, -0.25) is 4.79 Å². The third-order valence-electron chi connectivity index (χ3n) is 4.52. The summed E-state index contributed by atoms with van der Waals surface area (Å²) in [7, 11) is 0. The van der Waals surface area contributed by atoms with Crippen molar-refractivity contribution in [3.05, 3.63) is 34.9 Å². The maximum Gasteiger partial charge on any atom is 0.251 e. The van der Waals surface area contributed by atoms with Crippen molar-refractivity contribution in [2.45, 2.75) is 40.5 Å². The Hall–Kier alpha value is -1.35. The van der Waals surface area contributed by atoms with Gasteiger partial charge in [-0.05, 0) is 56.7 Å². The minimum atomic E-state index is 0.0570. The first-order valence-electron chi connectivity index (χ1n) is 8.53. The van der Waals surface area contributed by atoms with Crippen LogP contribution in [0.4, 0.5) is 0 Å². The van der Waals surface area contributed by atoms with E-state index in [0.29, 0.717) is 0 Å². The Morgan fingerprint density at radius 3 is 2.59 bits per heavy atom. The first kappa shape index (κ1) is 17.0. The van der Waals surface area contributed by atoms with Crippen LogP contribution in [0.3, 0.4) is 0 Å². The molecule has 0 saturated carbocycles. The number of amides is 1. The van der Waals surface area contributed by atoms with Crippen molar-refractivity contribution in [1.29, 1.82) is 0 Å². The molecule has 0 aromatic heterocycles. The third kappa shape index (κ3) is 4.84. The van der Waals surface area contributed by atoms with E-state index in [1.54, 1.807) is 0 Å². The van der Waals surface area contributed by atoms with Crippen LogP contribution in [0.1, 0.15) is 48.2 Å². The van der Waals surface area contributed by atoms with Crippen LogP contribution < -0.4 is 5.32 Å². The fourth-order valence-corrected chi connectivity index (χ4v) is 3.55. The van der Waals surface area contributed by atoms with Crippen LogP contribution in [0.2, 0.25) is 0 Å². The van der Waals surface area contributed by atoms with E-state index in [9.17, 15) is 4.79 Å². The molecule has 3 nitrogen and oxygen atoms in total. The van der Waals surface area contributed by atoms with E-state index in [-0.39, 0.29) is 5.91 Å². The molecule has 1 heterocycles. The van der Waals surface area contributed by atoms with E-state index >= 15 is 0 Å². The monoisotopic (exact) mass is 302 g/mol. The van der Waals surface area contributed by atoms with Crippen LogP contribution in [0.15, 0.2) is 18.2 Å². The zero-order valence-corrected chi connectivity index (χ0v) is 14.5. The topological polar surface area (TPSA) is 32.3 Å². The molecule has 1 aliphatic heterocycles. The van der Waals surface area contributed by atoms with Gasteiger partial charge in [-0.15, -0.1) is 0 Å². The minimum Gasteiger partial charge on any atom is -0.352 e. The van der Waals surface area contributed by atoms with Gasteiger partial charge in [0.15, 0.2) is 0 Å². The van der Waals surface area contributed by atoms with Crippen molar-refractivity contribution < 1.29 is 4.79 Å². The highest BCUT2D eigenvalue weighted by molar-refractivity contribution is 5.95. The number of hydrogen-bond donors (Lipinski definition) is 1. The maximum absolute atomic E-state index is 12.2. The van der Waals surface area contributed by atoms with Crippen LogP contribution >= 0.6 is 0 Å². The highest BCUT2D eigenvalue weighted by Crippen LogP contribution is 2.20. The molecule has 1 amide bonds. The molecule has 1 aromatic carbocycles. The summed E-state index contributed by atoms with van der Waals surface area (Å²) < 4.78 is 0. The van der Waals surface area contributed by atoms with Gasteiger partial charge < -0.3 is 10.2 Å². The van der Waals surface area contributed by atoms with E-state index < -0.39 is 0 Å². The summed E-state index contributed by atoms with van der Waals surface area (Å²) in [5, 5.41) is 3.06. The molecule has 2 atom stereocenters. The van der Waals surface area contributed by atoms with E-state index in [4.69, 9.17) is 0 Å². The predicted octanol–water partition coefficient (Wildman–Crippen LogP) is 3.40. The average molecular weight is 302 g/mol. The molecule has 0 unspecified atom stereocenters. The van der Waals surface area contributed by atoms with Gasteiger partial charge in [0.05, 0.1) is 0 Å². The molecule has 1 fully saturated rings. The molecule has 0 aliphatic carbocycles. The van der Waals surface area contributed by atoms with Crippen molar-refractivity contribution >= 4 is 5.91 Å². The zero-order chi connectivity index (χ0) is 16.1. The number of nitrogens with zero attached hydrogens (tertiary/aromatic N) is 1. The summed E-state index contributed by atoms with van der Waals surface area (Å²) >= 11 is 0. The van der Waals surface area contributed by atoms with E-state index in [1.165, 1.54) is 19.5 Å². The highest BCUT2D eigenvalue weighted by Gasteiger charge is 2.21. The van der Waals surface area contributed by atoms with Crippen molar-refractivity contribution in [1.82, 2.24) is 10.2 Å². The number of rotatable bonds is 5. The lowest BCUT2D eigenvalue weighted by Gasteiger charge is -2.34. The fraction of sp³-hybridized carbons (Fsp3) is 0.632. The first-order valence-corrected chi connectivity index (χ1v) is 8.53. The molecular weight excluding hydrogens is 272 g/mol. The van der Waals surface area contributed by atoms with Gasteiger partial charge in [-0.25, -0.2) is 0 Å². The summed E-state index contributed by atoms with van der Waals surface area (Å²) in [6.07, 6.45) is 2.37. The van der Waals surface area contributed by atoms with Crippen molar-refractivity contribution in [2.75, 3.05) is 26.2 Å². The second-order valence-electron chi connectivity index (χ2n) is 7.13. The Kier molecular flexibility index (Phi) is 6.01. The second-order valence-corrected chi connectivity index (χ2v) is 7.13. The SMILES string of the molecule is Cc1ccc(C)c(C(=O)NCCCN2C[C@@H](C)C[C@H](C)C2)c1. The van der Waals surface area contributed by atoms with Crippen LogP contribution in [0.25, 0.3) is 0 Å². The largest absolute Gasteiger partial charge is 0.352 e. The number of aryl methyl sites for hydroxylation is 2. The van der Waals surface area contributed by atoms with Gasteiger partial charge in [-0.1, -0.05) is 31.5 Å². The molecule has 1 aromatic rings. The standard InChI is InChI=1S/C19H30N2O/c1-14-6-7-17(4)18(11-14)19(22)20-8-5-9-21-12-15(2)10-16(3)13-21/h6-7,11,15-16H,5,8-10,12-13H2,1-4H3,(H,20,22)/t15-,16-/m0/s1. The molecule has 1 N–H and O–H groups in total. The van der Waals surface area contributed by atoms with E-state index in [1.807, 2.05) is 32.0 Å². The molecule has 0 bridgehead atoms. The number of hydrogen-bond acceptors (Lipinski definition) is 2. The number of likely N-dealkylation sites (tertiary alicyclic amines) is 1. The quantitative estimate of drug-likeness (QED) is 0.846. The maximum atomic E-state index is 12.2. The summed E-state index contributed by atoms with van der Waals surface area (Å²) in [6.45, 7) is 12.9. The number of carbonyl (C=O) groups is 1. The van der Waals surface area contributed by atoms with Crippen LogP contribution in [-0.2, 0) is 0 Å². The van der Waals surface area contributed by atoms with Crippen LogP contribution in [0.5, 0.6) is 0 Å². The summed E-state index contributed by atoms with van der Waals surface area (Å²) in [6, 6.07) is 6.03. The van der Waals surface area contributed by atoms with Crippen molar-refractivity contribution in [3.63, 3.8) is 0 Å². The van der Waals surface area contributed by atoms with Crippen molar-refractivity contribution in [3.8, 4) is 0 Å². The van der Waals surface area contributed by atoms with Gasteiger partial charge >= 0.3 is 0 Å². The summed E-state index contributed by atoms with van der Waals surface area (Å²) in [5.74, 6) is 1.66. The fourth-order valence-electron chi connectivity index (χ4n) is 3.55. The Bertz CT molecular complexity index is 502.